The van der Waals surface area contributed by atoms with E-state index in [1.807, 2.05) is 30.3 Å². The zero-order valence-electron chi connectivity index (χ0n) is 18.1. The van der Waals surface area contributed by atoms with Crippen molar-refractivity contribution in [3.63, 3.8) is 0 Å². The van der Waals surface area contributed by atoms with Crippen molar-refractivity contribution >= 4 is 57.6 Å². The summed E-state index contributed by atoms with van der Waals surface area (Å²) in [5.74, 6) is 0.112. The zero-order chi connectivity index (χ0) is 24.1. The number of benzene rings is 3. The molecule has 3 aromatic carbocycles. The summed E-state index contributed by atoms with van der Waals surface area (Å²) in [5, 5.41) is 12.4. The van der Waals surface area contributed by atoms with Crippen LogP contribution >= 0.6 is 24.0 Å². The minimum atomic E-state index is -0.433. The molecule has 172 valence electrons. The van der Waals surface area contributed by atoms with Gasteiger partial charge in [-0.05, 0) is 48.0 Å². The third-order valence-corrected chi connectivity index (χ3v) is 6.13. The minimum absolute atomic E-state index is 0.0320. The monoisotopic (exact) mass is 492 g/mol. The van der Waals surface area contributed by atoms with Crippen molar-refractivity contribution < 1.29 is 24.2 Å². The molecule has 0 saturated carbocycles. The van der Waals surface area contributed by atoms with Gasteiger partial charge in [-0.3, -0.25) is 14.5 Å². The van der Waals surface area contributed by atoms with E-state index in [1.54, 1.807) is 42.5 Å². The number of ether oxygens (including phenoxy) is 2. The largest absolute Gasteiger partial charge is 0.506 e. The summed E-state index contributed by atoms with van der Waals surface area (Å²) in [6.07, 6.45) is 1.74. The van der Waals surface area contributed by atoms with Gasteiger partial charge in [-0.2, -0.15) is 0 Å². The van der Waals surface area contributed by atoms with Crippen LogP contribution in [0, 0.1) is 0 Å². The molecule has 0 spiro atoms. The van der Waals surface area contributed by atoms with E-state index in [0.717, 1.165) is 11.3 Å². The smallest absolute Gasteiger partial charge is 0.270 e. The van der Waals surface area contributed by atoms with Crippen molar-refractivity contribution in [2.45, 2.75) is 0 Å². The lowest BCUT2D eigenvalue weighted by Gasteiger charge is -2.14. The predicted octanol–water partition coefficient (Wildman–Crippen LogP) is 4.82. The van der Waals surface area contributed by atoms with Gasteiger partial charge in [-0.1, -0.05) is 60.4 Å². The Balaban J connectivity index is 1.45. The van der Waals surface area contributed by atoms with E-state index in [2.05, 4.69) is 5.32 Å². The van der Waals surface area contributed by atoms with Gasteiger partial charge in [-0.25, -0.2) is 0 Å². The Morgan fingerprint density at radius 3 is 2.56 bits per heavy atom. The summed E-state index contributed by atoms with van der Waals surface area (Å²) in [6, 6.07) is 20.8. The number of hydrogen-bond donors (Lipinski definition) is 2. The van der Waals surface area contributed by atoms with Crippen molar-refractivity contribution in [1.29, 1.82) is 0 Å². The lowest BCUT2D eigenvalue weighted by molar-refractivity contribution is -0.118. The van der Waals surface area contributed by atoms with Gasteiger partial charge in [-0.15, -0.1) is 0 Å². The van der Waals surface area contributed by atoms with Gasteiger partial charge >= 0.3 is 0 Å². The molecule has 1 heterocycles. The second-order valence-electron chi connectivity index (χ2n) is 7.12. The number of carbonyl (C=O) groups excluding carboxylic acids is 2. The second kappa shape index (κ2) is 10.4. The average molecular weight is 493 g/mol. The Labute approximate surface area is 206 Å². The molecule has 4 rings (SSSR count). The van der Waals surface area contributed by atoms with Gasteiger partial charge in [0.15, 0.2) is 22.4 Å². The molecule has 34 heavy (non-hydrogen) atoms. The molecule has 1 aliphatic rings. The number of thioether (sulfide) groups is 1. The molecule has 2 N–H and O–H groups in total. The van der Waals surface area contributed by atoms with Crippen LogP contribution in [0.2, 0.25) is 0 Å². The highest BCUT2D eigenvalue weighted by Crippen LogP contribution is 2.37. The van der Waals surface area contributed by atoms with Crippen LogP contribution in [-0.2, 0) is 9.59 Å². The topological polar surface area (TPSA) is 88.1 Å². The van der Waals surface area contributed by atoms with Crippen molar-refractivity contribution in [3.8, 4) is 17.2 Å². The molecular weight excluding hydrogens is 472 g/mol. The van der Waals surface area contributed by atoms with E-state index in [9.17, 15) is 14.7 Å². The molecule has 1 saturated heterocycles. The van der Waals surface area contributed by atoms with Gasteiger partial charge < -0.3 is 19.9 Å². The maximum atomic E-state index is 12.9. The summed E-state index contributed by atoms with van der Waals surface area (Å²) in [4.78, 5) is 27.1. The van der Waals surface area contributed by atoms with Crippen LogP contribution in [-0.4, -0.2) is 35.0 Å². The van der Waals surface area contributed by atoms with E-state index >= 15 is 0 Å². The Kier molecular flexibility index (Phi) is 7.15. The van der Waals surface area contributed by atoms with Crippen LogP contribution in [0.5, 0.6) is 17.2 Å². The average Bonchev–Trinajstić information content (AvgIpc) is 3.12. The SMILES string of the molecule is COc1cc(/C=C2\SC(=S)N(c3ccccc3)C2=O)ccc1OCC(=O)Nc1ccccc1O. The van der Waals surface area contributed by atoms with Crippen LogP contribution in [0.3, 0.4) is 0 Å². The third kappa shape index (κ3) is 5.22. The first-order chi connectivity index (χ1) is 16.5. The Hall–Kier alpha value is -3.82. The fourth-order valence-electron chi connectivity index (χ4n) is 3.22. The summed E-state index contributed by atoms with van der Waals surface area (Å²) >= 11 is 6.63. The minimum Gasteiger partial charge on any atom is -0.506 e. The number of amides is 2. The number of carbonyl (C=O) groups is 2. The molecule has 1 aliphatic heterocycles. The number of thiocarbonyl (C=S) groups is 1. The lowest BCUT2D eigenvalue weighted by Crippen LogP contribution is -2.27. The number of phenolic OH excluding ortho intramolecular Hbond substituents is 1. The van der Waals surface area contributed by atoms with Crippen LogP contribution in [0.15, 0.2) is 77.7 Å². The molecule has 9 heteroatoms. The molecule has 0 radical (unpaired) electrons. The van der Waals surface area contributed by atoms with Crippen LogP contribution in [0.4, 0.5) is 11.4 Å². The summed E-state index contributed by atoms with van der Waals surface area (Å²) in [6.45, 7) is -0.278. The van der Waals surface area contributed by atoms with Gasteiger partial charge in [0.05, 0.1) is 23.4 Å². The maximum Gasteiger partial charge on any atom is 0.270 e. The summed E-state index contributed by atoms with van der Waals surface area (Å²) in [7, 11) is 1.49. The Morgan fingerprint density at radius 2 is 1.82 bits per heavy atom. The number of rotatable bonds is 7. The van der Waals surface area contributed by atoms with Crippen LogP contribution in [0.1, 0.15) is 5.56 Å². The molecule has 0 aliphatic carbocycles. The van der Waals surface area contributed by atoms with Crippen molar-refractivity contribution in [2.75, 3.05) is 23.9 Å². The lowest BCUT2D eigenvalue weighted by atomic mass is 10.2. The number of anilines is 2. The molecule has 1 fully saturated rings. The summed E-state index contributed by atoms with van der Waals surface area (Å²) in [5.41, 5.74) is 1.74. The number of nitrogens with one attached hydrogen (secondary N) is 1. The van der Waals surface area contributed by atoms with E-state index < -0.39 is 5.91 Å². The van der Waals surface area contributed by atoms with Crippen molar-refractivity contribution in [2.24, 2.45) is 0 Å². The Morgan fingerprint density at radius 1 is 1.09 bits per heavy atom. The molecular formula is C25H20N2O5S2. The number of hydrogen-bond acceptors (Lipinski definition) is 7. The fraction of sp³-hybridized carbons (Fsp3) is 0.0800. The van der Waals surface area contributed by atoms with E-state index in [0.29, 0.717) is 26.4 Å². The standard InChI is InChI=1S/C25H20N2O5S2/c1-31-21-13-16(14-22-24(30)27(25(33)34-22)17-7-3-2-4-8-17)11-12-20(21)32-15-23(29)26-18-9-5-6-10-19(18)28/h2-14,28H,15H2,1H3,(H,26,29)/b22-14-. The second-order valence-corrected chi connectivity index (χ2v) is 8.79. The number of nitrogens with zero attached hydrogens (tertiary/aromatic N) is 1. The molecule has 7 nitrogen and oxygen atoms in total. The number of para-hydroxylation sites is 3. The van der Waals surface area contributed by atoms with Crippen LogP contribution in [0.25, 0.3) is 6.08 Å². The van der Waals surface area contributed by atoms with Gasteiger partial charge in [0.2, 0.25) is 0 Å². The first-order valence-corrected chi connectivity index (χ1v) is 11.4. The van der Waals surface area contributed by atoms with E-state index in [-0.39, 0.29) is 18.3 Å². The third-order valence-electron chi connectivity index (χ3n) is 4.83. The molecule has 2 amide bonds. The molecule has 0 bridgehead atoms. The number of aromatic hydroxyl groups is 1. The Bertz CT molecular complexity index is 1280. The van der Waals surface area contributed by atoms with E-state index in [4.69, 9.17) is 21.7 Å². The van der Waals surface area contributed by atoms with Gasteiger partial charge in [0, 0.05) is 0 Å². The quantitative estimate of drug-likeness (QED) is 0.278. The van der Waals surface area contributed by atoms with Crippen molar-refractivity contribution in [3.05, 3.63) is 83.3 Å². The maximum absolute atomic E-state index is 12.9. The van der Waals surface area contributed by atoms with E-state index in [1.165, 1.54) is 29.8 Å². The first kappa shape index (κ1) is 23.3. The molecule has 0 atom stereocenters. The fourth-order valence-corrected chi connectivity index (χ4v) is 4.52. The highest BCUT2D eigenvalue weighted by atomic mass is 32.2. The normalized spacial score (nSPS) is 14.4. The number of phenols is 1. The number of methoxy groups -OCH3 is 1. The molecule has 0 aromatic heterocycles. The van der Waals surface area contributed by atoms with Crippen LogP contribution < -0.4 is 19.7 Å². The first-order valence-electron chi connectivity index (χ1n) is 10.2. The van der Waals surface area contributed by atoms with Gasteiger partial charge in [0.1, 0.15) is 5.75 Å². The van der Waals surface area contributed by atoms with Gasteiger partial charge in [0.25, 0.3) is 11.8 Å². The predicted molar refractivity (Wildman–Crippen MR) is 137 cm³/mol. The zero-order valence-corrected chi connectivity index (χ0v) is 19.7. The van der Waals surface area contributed by atoms with Crippen molar-refractivity contribution in [1.82, 2.24) is 0 Å². The molecule has 3 aromatic rings. The highest BCUT2D eigenvalue weighted by molar-refractivity contribution is 8.27. The molecule has 0 unspecified atom stereocenters. The highest BCUT2D eigenvalue weighted by Gasteiger charge is 2.33. The summed E-state index contributed by atoms with van der Waals surface area (Å²) < 4.78 is 11.5.